The zero-order valence-electron chi connectivity index (χ0n) is 9.93. The minimum absolute atomic E-state index is 0.0480. The number of methoxy groups -OCH3 is 2. The Balaban J connectivity index is 2.61. The molecule has 0 spiro atoms. The number of ether oxygens (including phenoxy) is 2. The van der Waals surface area contributed by atoms with Gasteiger partial charge in [-0.25, -0.2) is 4.79 Å². The van der Waals surface area contributed by atoms with E-state index in [1.807, 2.05) is 0 Å². The molecule has 1 saturated heterocycles. The molecule has 0 saturated carbocycles. The fourth-order valence-electron chi connectivity index (χ4n) is 2.00. The molecule has 1 rings (SSSR count). The summed E-state index contributed by atoms with van der Waals surface area (Å²) in [5.41, 5.74) is 0. The van der Waals surface area contributed by atoms with Crippen LogP contribution in [0.15, 0.2) is 0 Å². The van der Waals surface area contributed by atoms with Crippen LogP contribution in [0, 0.1) is 5.92 Å². The molecule has 1 heterocycles. The van der Waals surface area contributed by atoms with Crippen molar-refractivity contribution in [3.05, 3.63) is 0 Å². The highest BCUT2D eigenvalue weighted by atomic mass is 16.7. The van der Waals surface area contributed by atoms with Crippen molar-refractivity contribution in [2.75, 3.05) is 20.8 Å². The highest BCUT2D eigenvalue weighted by Crippen LogP contribution is 2.18. The molecular weight excluding hydrogens is 228 g/mol. The Morgan fingerprint density at radius 2 is 2.24 bits per heavy atom. The van der Waals surface area contributed by atoms with Crippen molar-refractivity contribution < 1.29 is 24.2 Å². The van der Waals surface area contributed by atoms with Crippen LogP contribution >= 0.6 is 0 Å². The van der Waals surface area contributed by atoms with Crippen LogP contribution in [0.3, 0.4) is 0 Å². The Kier molecular flexibility index (Phi) is 5.17. The molecule has 0 bridgehead atoms. The molecule has 0 aromatic heterocycles. The maximum atomic E-state index is 11.4. The third-order valence-electron chi connectivity index (χ3n) is 2.80. The number of carbonyl (C=O) groups is 2. The highest BCUT2D eigenvalue weighted by Gasteiger charge is 2.32. The molecule has 1 fully saturated rings. The first-order chi connectivity index (χ1) is 8.08. The molecule has 0 aliphatic carbocycles. The minimum Gasteiger partial charge on any atom is -0.465 e. The van der Waals surface area contributed by atoms with Gasteiger partial charge in [-0.3, -0.25) is 4.79 Å². The Labute approximate surface area is 99.5 Å². The zero-order chi connectivity index (χ0) is 12.8. The van der Waals surface area contributed by atoms with Gasteiger partial charge in [0.05, 0.1) is 6.04 Å². The predicted molar refractivity (Wildman–Crippen MR) is 58.5 cm³/mol. The molecule has 0 radical (unpaired) electrons. The van der Waals surface area contributed by atoms with Crippen molar-refractivity contribution in [1.82, 2.24) is 10.6 Å². The number of rotatable bonds is 6. The second-order valence-corrected chi connectivity index (χ2v) is 3.91. The van der Waals surface area contributed by atoms with Gasteiger partial charge in [-0.1, -0.05) is 0 Å². The minimum atomic E-state index is -1.16. The summed E-state index contributed by atoms with van der Waals surface area (Å²) >= 11 is 0. The van der Waals surface area contributed by atoms with Gasteiger partial charge in [-0.15, -0.1) is 0 Å². The summed E-state index contributed by atoms with van der Waals surface area (Å²) < 4.78 is 10.1. The fourth-order valence-corrected chi connectivity index (χ4v) is 2.00. The Bertz CT molecular complexity index is 280. The Hall–Kier alpha value is -1.34. The van der Waals surface area contributed by atoms with Crippen LogP contribution in [-0.2, 0) is 14.3 Å². The molecule has 3 N–H and O–H groups in total. The molecule has 17 heavy (non-hydrogen) atoms. The van der Waals surface area contributed by atoms with E-state index in [1.54, 1.807) is 0 Å². The van der Waals surface area contributed by atoms with E-state index in [-0.39, 0.29) is 11.8 Å². The lowest BCUT2D eigenvalue weighted by atomic mass is 9.98. The molecule has 0 aromatic rings. The molecule has 2 atom stereocenters. The van der Waals surface area contributed by atoms with Gasteiger partial charge in [0.15, 0.2) is 6.29 Å². The van der Waals surface area contributed by atoms with E-state index < -0.39 is 18.4 Å². The summed E-state index contributed by atoms with van der Waals surface area (Å²) in [4.78, 5) is 22.1. The molecule has 1 aliphatic rings. The van der Waals surface area contributed by atoms with Crippen LogP contribution in [0.25, 0.3) is 0 Å². The Morgan fingerprint density at radius 1 is 1.59 bits per heavy atom. The van der Waals surface area contributed by atoms with E-state index >= 15 is 0 Å². The standard InChI is InChI=1S/C10H18N2O5/c1-16-9(17-2)7(12-10(14)15)5-6-3-4-11-8(6)13/h6-7,9,12H,3-5H2,1-2H3,(H,11,13)(H,14,15)/t6-,7?/m0/s1. The average molecular weight is 246 g/mol. The normalized spacial score (nSPS) is 21.4. The van der Waals surface area contributed by atoms with Gasteiger partial charge in [0.25, 0.3) is 0 Å². The van der Waals surface area contributed by atoms with Crippen LogP contribution in [0.5, 0.6) is 0 Å². The molecule has 7 heteroatoms. The average Bonchev–Trinajstić information content (AvgIpc) is 2.65. The summed E-state index contributed by atoms with van der Waals surface area (Å²) in [6.45, 7) is 0.633. The van der Waals surface area contributed by atoms with Crippen molar-refractivity contribution in [3.63, 3.8) is 0 Å². The van der Waals surface area contributed by atoms with E-state index in [9.17, 15) is 9.59 Å². The SMILES string of the molecule is COC(OC)C(C[C@@H]1CCNC1=O)NC(=O)O. The molecule has 1 aliphatic heterocycles. The first kappa shape index (κ1) is 13.7. The van der Waals surface area contributed by atoms with Gasteiger partial charge >= 0.3 is 6.09 Å². The number of hydrogen-bond donors (Lipinski definition) is 3. The van der Waals surface area contributed by atoms with E-state index in [4.69, 9.17) is 14.6 Å². The maximum Gasteiger partial charge on any atom is 0.405 e. The number of carboxylic acid groups (broad SMARTS) is 1. The lowest BCUT2D eigenvalue weighted by molar-refractivity contribution is -0.131. The van der Waals surface area contributed by atoms with Crippen molar-refractivity contribution in [1.29, 1.82) is 0 Å². The summed E-state index contributed by atoms with van der Waals surface area (Å²) in [7, 11) is 2.86. The Morgan fingerprint density at radius 3 is 2.65 bits per heavy atom. The monoisotopic (exact) mass is 246 g/mol. The molecule has 7 nitrogen and oxygen atoms in total. The van der Waals surface area contributed by atoms with E-state index in [0.29, 0.717) is 19.4 Å². The second-order valence-electron chi connectivity index (χ2n) is 3.91. The molecule has 98 valence electrons. The van der Waals surface area contributed by atoms with E-state index in [2.05, 4.69) is 10.6 Å². The molecule has 2 amide bonds. The summed E-state index contributed by atoms with van der Waals surface area (Å²) in [6, 6.07) is -0.559. The highest BCUT2D eigenvalue weighted by molar-refractivity contribution is 5.80. The molecule has 0 aromatic carbocycles. The number of carbonyl (C=O) groups excluding carboxylic acids is 1. The van der Waals surface area contributed by atoms with Crippen molar-refractivity contribution in [2.24, 2.45) is 5.92 Å². The van der Waals surface area contributed by atoms with Gasteiger partial charge < -0.3 is 25.2 Å². The van der Waals surface area contributed by atoms with Crippen LogP contribution in [0.4, 0.5) is 4.79 Å². The molecule has 1 unspecified atom stereocenters. The summed E-state index contributed by atoms with van der Waals surface area (Å²) in [5, 5.41) is 13.8. The van der Waals surface area contributed by atoms with Gasteiger partial charge in [-0.2, -0.15) is 0 Å². The van der Waals surface area contributed by atoms with Crippen LogP contribution in [-0.4, -0.2) is 50.2 Å². The topological polar surface area (TPSA) is 96.9 Å². The van der Waals surface area contributed by atoms with Gasteiger partial charge in [0, 0.05) is 26.7 Å². The second kappa shape index (κ2) is 6.41. The third kappa shape index (κ3) is 3.86. The largest absolute Gasteiger partial charge is 0.465 e. The van der Waals surface area contributed by atoms with E-state index in [1.165, 1.54) is 14.2 Å². The van der Waals surface area contributed by atoms with E-state index in [0.717, 1.165) is 0 Å². The lowest BCUT2D eigenvalue weighted by Gasteiger charge is -2.26. The first-order valence-corrected chi connectivity index (χ1v) is 5.41. The van der Waals surface area contributed by atoms with Crippen LogP contribution in [0.2, 0.25) is 0 Å². The van der Waals surface area contributed by atoms with Crippen molar-refractivity contribution in [2.45, 2.75) is 25.2 Å². The van der Waals surface area contributed by atoms with Gasteiger partial charge in [0.1, 0.15) is 0 Å². The van der Waals surface area contributed by atoms with Crippen molar-refractivity contribution >= 4 is 12.0 Å². The maximum absolute atomic E-state index is 11.4. The lowest BCUT2D eigenvalue weighted by Crippen LogP contribution is -2.46. The predicted octanol–water partition coefficient (Wildman–Crippen LogP) is -0.232. The number of hydrogen-bond acceptors (Lipinski definition) is 4. The number of amides is 2. The van der Waals surface area contributed by atoms with Crippen LogP contribution in [0.1, 0.15) is 12.8 Å². The third-order valence-corrected chi connectivity index (χ3v) is 2.80. The quantitative estimate of drug-likeness (QED) is 0.562. The number of nitrogens with one attached hydrogen (secondary N) is 2. The first-order valence-electron chi connectivity index (χ1n) is 5.41. The van der Waals surface area contributed by atoms with Gasteiger partial charge in [0.2, 0.25) is 5.91 Å². The molecular formula is C10H18N2O5. The van der Waals surface area contributed by atoms with Crippen LogP contribution < -0.4 is 10.6 Å². The summed E-state index contributed by atoms with van der Waals surface area (Å²) in [6.07, 6.45) is -0.784. The summed E-state index contributed by atoms with van der Waals surface area (Å²) in [5.74, 6) is -0.243. The smallest absolute Gasteiger partial charge is 0.405 e. The zero-order valence-corrected chi connectivity index (χ0v) is 9.93. The fraction of sp³-hybridized carbons (Fsp3) is 0.800. The van der Waals surface area contributed by atoms with Gasteiger partial charge in [-0.05, 0) is 12.8 Å². The van der Waals surface area contributed by atoms with Crippen molar-refractivity contribution in [3.8, 4) is 0 Å².